The topological polar surface area (TPSA) is 197 Å². The van der Waals surface area contributed by atoms with Crippen molar-refractivity contribution >= 4 is 35.6 Å². The summed E-state index contributed by atoms with van der Waals surface area (Å²) in [5, 5.41) is 24.0. The molecule has 13 atom stereocenters. The third kappa shape index (κ3) is 11.5. The lowest BCUT2D eigenvalue weighted by Crippen LogP contribution is -2.67. The molecule has 5 aliphatic rings. The van der Waals surface area contributed by atoms with Gasteiger partial charge in [-0.2, -0.15) is 0 Å². The highest BCUT2D eigenvalue weighted by molar-refractivity contribution is 6.39. The number of ketones is 2. The number of rotatable bonds is 8. The average Bonchev–Trinajstić information content (AvgIpc) is 3.47. The van der Waals surface area contributed by atoms with Crippen LogP contribution < -0.4 is 0 Å². The quantitative estimate of drug-likeness (QED) is 0.140. The third-order valence-corrected chi connectivity index (χ3v) is 13.9. The van der Waals surface area contributed by atoms with Gasteiger partial charge in [-0.3, -0.25) is 19.4 Å². The highest BCUT2D eigenvalue weighted by Gasteiger charge is 2.59. The van der Waals surface area contributed by atoms with Crippen LogP contribution in [0, 0.1) is 29.6 Å². The largest absolute Gasteiger partial charge is 0.464 e. The van der Waals surface area contributed by atoms with E-state index >= 15 is 4.79 Å². The first kappa shape index (κ1) is 49.7. The highest BCUT2D eigenvalue weighted by Crippen LogP contribution is 2.41. The molecular weight excluding hydrogens is 801 g/mol. The van der Waals surface area contributed by atoms with Crippen LogP contribution in [0.2, 0.25) is 0 Å². The van der Waals surface area contributed by atoms with E-state index < -0.39 is 77.4 Å². The van der Waals surface area contributed by atoms with Crippen molar-refractivity contribution in [3.63, 3.8) is 0 Å². The summed E-state index contributed by atoms with van der Waals surface area (Å²) in [5.74, 6) is -8.05. The number of nitrogens with zero attached hydrogens (tertiary/aromatic N) is 2. The number of ether oxygens (including phenoxy) is 6. The molecule has 2 N–H and O–H groups in total. The van der Waals surface area contributed by atoms with Gasteiger partial charge in [0.05, 0.1) is 31.0 Å². The lowest BCUT2D eigenvalue weighted by molar-refractivity contribution is -0.302. The third-order valence-electron chi connectivity index (χ3n) is 13.9. The summed E-state index contributed by atoms with van der Waals surface area (Å²) in [4.78, 5) is 76.4. The number of carbonyl (C=O) groups excluding carboxylic acids is 5. The summed E-state index contributed by atoms with van der Waals surface area (Å²) in [6.45, 7) is 11.2. The summed E-state index contributed by atoms with van der Waals surface area (Å²) in [7, 11) is 3.06. The summed E-state index contributed by atoms with van der Waals surface area (Å²) >= 11 is 0. The standard InChI is InChI=1S/C47H72N2O13/c1-9-59-40(52)27-60-35-14-12-13-33(15-16-35)24-30(4)41-32(6)36(50)26-37(51)34-17-19-48-46(45(55)61-41)18-10-11-20-49(46)44(54)43(53)47(56)31(5)25-39(58-8)42(62-47)38(57-7)23-29(3)21-28(2)22-34/h17,19,24,28-29,31-33,35-36,38-39,41-42,50,56H,9-16,18,20-23,25-27H2,1-8H3/b30-24?,34-17-,48-19?. The smallest absolute Gasteiger partial charge is 0.355 e. The number of carbonyl (C=O) groups is 5. The molecule has 15 heteroatoms. The zero-order valence-electron chi connectivity index (χ0n) is 38.2. The number of amides is 1. The van der Waals surface area contributed by atoms with Gasteiger partial charge in [0.2, 0.25) is 11.4 Å². The molecule has 4 aliphatic heterocycles. The molecule has 1 aliphatic carbocycles. The first-order valence-corrected chi connectivity index (χ1v) is 22.9. The van der Waals surface area contributed by atoms with Crippen molar-refractivity contribution < 1.29 is 62.6 Å². The fourth-order valence-electron chi connectivity index (χ4n) is 10.3. The Morgan fingerprint density at radius 1 is 0.952 bits per heavy atom. The maximum absolute atomic E-state index is 15.1. The Kier molecular flexibility index (Phi) is 17.7. The Hall–Kier alpha value is -3.34. The van der Waals surface area contributed by atoms with Crippen molar-refractivity contribution in [2.24, 2.45) is 34.6 Å². The lowest BCUT2D eigenvalue weighted by atomic mass is 9.81. The number of fused-ring (bicyclic) bond motifs is 3. The van der Waals surface area contributed by atoms with E-state index in [1.165, 1.54) is 20.4 Å². The number of cyclic esters (lactones) is 1. The Labute approximate surface area is 367 Å². The van der Waals surface area contributed by atoms with Crippen LogP contribution >= 0.6 is 0 Å². The van der Waals surface area contributed by atoms with E-state index in [1.807, 2.05) is 13.8 Å². The van der Waals surface area contributed by atoms with Crippen LogP contribution in [0.25, 0.3) is 0 Å². The van der Waals surface area contributed by atoms with E-state index in [0.29, 0.717) is 49.7 Å². The minimum Gasteiger partial charge on any atom is -0.464 e. The van der Waals surface area contributed by atoms with Gasteiger partial charge in [0.1, 0.15) is 18.8 Å². The van der Waals surface area contributed by atoms with E-state index in [1.54, 1.807) is 26.8 Å². The molecule has 1 amide bonds. The molecule has 0 radical (unpaired) electrons. The SMILES string of the molecule is CCOC(=O)COC1CCCC(C=C(C)C2OC(=O)C34CCCCN3C(=O)C(=O)C3(O)OC(C(OC)CC(C)CC(C)C/C(=C/C=N4)C(=O)CC(O)C2C)C(OC)CC3C)CC1. The van der Waals surface area contributed by atoms with Crippen LogP contribution in [0.15, 0.2) is 28.3 Å². The maximum Gasteiger partial charge on any atom is 0.355 e. The average molecular weight is 873 g/mol. The van der Waals surface area contributed by atoms with Crippen LogP contribution in [0.1, 0.15) is 125 Å². The minimum absolute atomic E-state index is 0.00355. The van der Waals surface area contributed by atoms with Crippen LogP contribution in [0.4, 0.5) is 0 Å². The van der Waals surface area contributed by atoms with Crippen molar-refractivity contribution in [3.8, 4) is 0 Å². The lowest BCUT2D eigenvalue weighted by Gasteiger charge is -2.48. The van der Waals surface area contributed by atoms with Gasteiger partial charge >= 0.3 is 11.9 Å². The number of aliphatic hydroxyl groups is 2. The maximum atomic E-state index is 15.1. The van der Waals surface area contributed by atoms with Gasteiger partial charge in [0.15, 0.2) is 5.78 Å². The van der Waals surface area contributed by atoms with Gasteiger partial charge in [-0.25, -0.2) is 9.59 Å². The summed E-state index contributed by atoms with van der Waals surface area (Å²) in [6, 6.07) is 0. The molecule has 4 bridgehead atoms. The Morgan fingerprint density at radius 3 is 2.39 bits per heavy atom. The van der Waals surface area contributed by atoms with Crippen molar-refractivity contribution in [1.82, 2.24) is 4.90 Å². The van der Waals surface area contributed by atoms with Crippen molar-refractivity contribution in [3.05, 3.63) is 23.3 Å². The first-order valence-electron chi connectivity index (χ1n) is 22.9. The van der Waals surface area contributed by atoms with E-state index in [9.17, 15) is 29.4 Å². The zero-order valence-corrected chi connectivity index (χ0v) is 38.2. The number of hydrogen-bond acceptors (Lipinski definition) is 14. The molecule has 5 rings (SSSR count). The highest BCUT2D eigenvalue weighted by atomic mass is 16.7. The number of methoxy groups -OCH3 is 2. The summed E-state index contributed by atoms with van der Waals surface area (Å²) < 4.78 is 35.4. The summed E-state index contributed by atoms with van der Waals surface area (Å²) in [6.07, 6.45) is 6.79. The van der Waals surface area contributed by atoms with Crippen LogP contribution in [0.5, 0.6) is 0 Å². The number of hydrogen-bond donors (Lipinski definition) is 2. The number of aliphatic imine (C=N–C) groups is 1. The van der Waals surface area contributed by atoms with E-state index in [0.717, 1.165) is 30.6 Å². The molecule has 4 heterocycles. The van der Waals surface area contributed by atoms with Gasteiger partial charge in [0.25, 0.3) is 11.7 Å². The normalized spacial score (nSPS) is 39.4. The molecule has 1 saturated carbocycles. The van der Waals surface area contributed by atoms with E-state index in [-0.39, 0.29) is 68.7 Å². The monoisotopic (exact) mass is 873 g/mol. The van der Waals surface area contributed by atoms with Gasteiger partial charge in [0, 0.05) is 51.7 Å². The Bertz CT molecular complexity index is 1700. The summed E-state index contributed by atoms with van der Waals surface area (Å²) in [5.41, 5.74) is -0.962. The fraction of sp³-hybridized carbons (Fsp3) is 0.787. The fourth-order valence-corrected chi connectivity index (χ4v) is 10.3. The molecule has 3 fully saturated rings. The second-order valence-corrected chi connectivity index (χ2v) is 18.7. The Balaban J connectivity index is 1.56. The molecule has 62 heavy (non-hydrogen) atoms. The molecule has 348 valence electrons. The van der Waals surface area contributed by atoms with Gasteiger partial charge in [-0.05, 0) is 113 Å². The first-order chi connectivity index (χ1) is 29.5. The molecule has 0 aromatic rings. The van der Waals surface area contributed by atoms with Crippen LogP contribution in [0.3, 0.4) is 0 Å². The van der Waals surface area contributed by atoms with Crippen LogP contribution in [-0.2, 0) is 52.4 Å². The van der Waals surface area contributed by atoms with Gasteiger partial charge in [-0.15, -0.1) is 0 Å². The number of esters is 2. The second kappa shape index (κ2) is 22.0. The Morgan fingerprint density at radius 2 is 1.68 bits per heavy atom. The van der Waals surface area contributed by atoms with Gasteiger partial charge in [-0.1, -0.05) is 40.2 Å². The van der Waals surface area contributed by atoms with E-state index in [2.05, 4.69) is 13.0 Å². The minimum atomic E-state index is -2.57. The second-order valence-electron chi connectivity index (χ2n) is 18.7. The molecule has 15 nitrogen and oxygen atoms in total. The number of aliphatic hydroxyl groups excluding tert-OH is 1. The molecule has 13 unspecified atom stereocenters. The van der Waals surface area contributed by atoms with Gasteiger partial charge < -0.3 is 43.5 Å². The zero-order chi connectivity index (χ0) is 45.4. The van der Waals surface area contributed by atoms with Crippen LogP contribution in [-0.4, -0.2) is 133 Å². The predicted molar refractivity (Wildman–Crippen MR) is 229 cm³/mol. The van der Waals surface area contributed by atoms with Crippen molar-refractivity contribution in [2.75, 3.05) is 34.0 Å². The van der Waals surface area contributed by atoms with E-state index in [4.69, 9.17) is 33.4 Å². The molecule has 1 spiro atoms. The molecule has 0 aromatic carbocycles. The van der Waals surface area contributed by atoms with Crippen molar-refractivity contribution in [1.29, 1.82) is 0 Å². The molecule has 2 saturated heterocycles. The number of Topliss-reactive ketones (excluding diaryl/α,β-unsaturated/α-hetero) is 2. The number of piperidine rings is 1. The predicted octanol–water partition coefficient (Wildman–Crippen LogP) is 5.22. The molecule has 0 aromatic heterocycles. The van der Waals surface area contributed by atoms with Crippen molar-refractivity contribution in [2.45, 2.75) is 173 Å². The number of allylic oxidation sites excluding steroid dienone is 3. The molecular formula is C47H72N2O13.